The summed E-state index contributed by atoms with van der Waals surface area (Å²) in [5.74, 6) is 0.553. The average molecular weight is 213 g/mol. The van der Waals surface area contributed by atoms with Gasteiger partial charge in [0.25, 0.3) is 0 Å². The van der Waals surface area contributed by atoms with Gasteiger partial charge in [-0.3, -0.25) is 0 Å². The van der Waals surface area contributed by atoms with E-state index in [1.165, 1.54) is 5.56 Å². The monoisotopic (exact) mass is 213 g/mol. The van der Waals surface area contributed by atoms with E-state index in [0.717, 1.165) is 12.2 Å². The lowest BCUT2D eigenvalue weighted by Gasteiger charge is -2.18. The zero-order valence-electron chi connectivity index (χ0n) is 9.30. The zero-order chi connectivity index (χ0) is 11.4. The van der Waals surface area contributed by atoms with Gasteiger partial charge < -0.3 is 10.6 Å². The van der Waals surface area contributed by atoms with Crippen LogP contribution in [-0.2, 0) is 6.54 Å². The number of benzene rings is 1. The molecule has 1 aromatic carbocycles. The molecule has 0 unspecified atom stereocenters. The van der Waals surface area contributed by atoms with Crippen LogP contribution in [0.3, 0.4) is 0 Å². The Morgan fingerprint density at radius 3 is 2.50 bits per heavy atom. The maximum atomic E-state index is 5.55. The number of anilines is 2. The Kier molecular flexibility index (Phi) is 3.05. The minimum absolute atomic E-state index is 0.553. The third-order valence-electron chi connectivity index (χ3n) is 2.47. The van der Waals surface area contributed by atoms with Crippen LogP contribution >= 0.6 is 0 Å². The Morgan fingerprint density at radius 1 is 1.12 bits per heavy atom. The molecule has 82 valence electrons. The second-order valence-electron chi connectivity index (χ2n) is 3.78. The number of hydrogen-bond donors (Lipinski definition) is 1. The number of nitrogens with two attached hydrogens (primary N) is 1. The van der Waals surface area contributed by atoms with Crippen molar-refractivity contribution in [3.63, 3.8) is 0 Å². The molecule has 0 aliphatic rings. The molecule has 0 bridgehead atoms. The highest BCUT2D eigenvalue weighted by Crippen LogP contribution is 2.14. The molecule has 0 aliphatic heterocycles. The first-order chi connectivity index (χ1) is 7.75. The molecule has 3 nitrogen and oxygen atoms in total. The number of nitrogen functional groups attached to an aromatic ring is 1. The highest BCUT2D eigenvalue weighted by molar-refractivity contribution is 5.47. The molecule has 0 atom stereocenters. The number of aromatic nitrogens is 1. The maximum Gasteiger partial charge on any atom is 0.123 e. The van der Waals surface area contributed by atoms with E-state index >= 15 is 0 Å². The fourth-order valence-corrected chi connectivity index (χ4v) is 1.57. The Morgan fingerprint density at radius 2 is 1.88 bits per heavy atom. The van der Waals surface area contributed by atoms with Crippen molar-refractivity contribution in [2.75, 3.05) is 17.7 Å². The van der Waals surface area contributed by atoms with Gasteiger partial charge in [0.1, 0.15) is 5.82 Å². The Balaban J connectivity index is 2.09. The minimum Gasteiger partial charge on any atom is -0.384 e. The van der Waals surface area contributed by atoms with Gasteiger partial charge in [0.15, 0.2) is 0 Å². The van der Waals surface area contributed by atoms with Crippen molar-refractivity contribution in [3.05, 3.63) is 54.2 Å². The predicted octanol–water partition coefficient (Wildman–Crippen LogP) is 2.30. The summed E-state index contributed by atoms with van der Waals surface area (Å²) in [6.07, 6.45) is 1.79. The molecule has 2 N–H and O–H groups in total. The molecule has 0 amide bonds. The van der Waals surface area contributed by atoms with Gasteiger partial charge in [0.05, 0.1) is 11.9 Å². The van der Waals surface area contributed by atoms with E-state index in [2.05, 4.69) is 22.0 Å². The van der Waals surface area contributed by atoms with Gasteiger partial charge in [-0.1, -0.05) is 30.3 Å². The molecular formula is C13H15N3. The van der Waals surface area contributed by atoms with Gasteiger partial charge in [-0.2, -0.15) is 0 Å². The lowest BCUT2D eigenvalue weighted by molar-refractivity contribution is 0.918. The number of nitrogens with zero attached hydrogens (tertiary/aromatic N) is 2. The van der Waals surface area contributed by atoms with E-state index < -0.39 is 0 Å². The van der Waals surface area contributed by atoms with Gasteiger partial charge in [0.2, 0.25) is 0 Å². The number of pyridine rings is 1. The topological polar surface area (TPSA) is 42.1 Å². The first-order valence-electron chi connectivity index (χ1n) is 5.22. The van der Waals surface area contributed by atoms with E-state index in [0.29, 0.717) is 5.82 Å². The summed E-state index contributed by atoms with van der Waals surface area (Å²) >= 11 is 0. The summed E-state index contributed by atoms with van der Waals surface area (Å²) in [5, 5.41) is 0. The number of rotatable bonds is 3. The van der Waals surface area contributed by atoms with Crippen LogP contribution in [0.2, 0.25) is 0 Å². The first kappa shape index (κ1) is 10.5. The van der Waals surface area contributed by atoms with Crippen LogP contribution in [0.5, 0.6) is 0 Å². The van der Waals surface area contributed by atoms with Crippen molar-refractivity contribution in [3.8, 4) is 0 Å². The molecule has 1 heterocycles. The van der Waals surface area contributed by atoms with Crippen LogP contribution < -0.4 is 10.6 Å². The first-order valence-corrected chi connectivity index (χ1v) is 5.22. The molecule has 0 radical (unpaired) electrons. The fraction of sp³-hybridized carbons (Fsp3) is 0.154. The van der Waals surface area contributed by atoms with Crippen molar-refractivity contribution in [1.29, 1.82) is 0 Å². The minimum atomic E-state index is 0.553. The fourth-order valence-electron chi connectivity index (χ4n) is 1.57. The molecule has 1 aromatic heterocycles. The van der Waals surface area contributed by atoms with Gasteiger partial charge in [0, 0.05) is 13.6 Å². The third-order valence-corrected chi connectivity index (χ3v) is 2.47. The molecule has 0 spiro atoms. The summed E-state index contributed by atoms with van der Waals surface area (Å²) < 4.78 is 0. The molecule has 0 aliphatic carbocycles. The third kappa shape index (κ3) is 2.51. The SMILES string of the molecule is CN(Cc1ccccc1)c1ccc(N)nc1. The van der Waals surface area contributed by atoms with E-state index in [4.69, 9.17) is 5.73 Å². The molecule has 16 heavy (non-hydrogen) atoms. The summed E-state index contributed by atoms with van der Waals surface area (Å²) in [6, 6.07) is 14.1. The highest BCUT2D eigenvalue weighted by Gasteiger charge is 2.01. The molecule has 2 rings (SSSR count). The van der Waals surface area contributed by atoms with E-state index in [-0.39, 0.29) is 0 Å². The largest absolute Gasteiger partial charge is 0.384 e. The number of hydrogen-bond acceptors (Lipinski definition) is 3. The van der Waals surface area contributed by atoms with Gasteiger partial charge >= 0.3 is 0 Å². The Labute approximate surface area is 95.5 Å². The Bertz CT molecular complexity index is 436. The molecule has 0 saturated heterocycles. The van der Waals surface area contributed by atoms with E-state index in [1.54, 1.807) is 6.20 Å². The second kappa shape index (κ2) is 4.66. The normalized spacial score (nSPS) is 10.1. The highest BCUT2D eigenvalue weighted by atomic mass is 15.1. The smallest absolute Gasteiger partial charge is 0.123 e. The van der Waals surface area contributed by atoms with Crippen molar-refractivity contribution in [2.45, 2.75) is 6.54 Å². The van der Waals surface area contributed by atoms with Gasteiger partial charge in [-0.25, -0.2) is 4.98 Å². The summed E-state index contributed by atoms with van der Waals surface area (Å²) in [7, 11) is 2.04. The lowest BCUT2D eigenvalue weighted by Crippen LogP contribution is -2.16. The van der Waals surface area contributed by atoms with Crippen LogP contribution in [0.1, 0.15) is 5.56 Å². The van der Waals surface area contributed by atoms with Crippen LogP contribution in [0.25, 0.3) is 0 Å². The maximum absolute atomic E-state index is 5.55. The van der Waals surface area contributed by atoms with E-state index in [1.807, 2.05) is 37.4 Å². The summed E-state index contributed by atoms with van der Waals surface area (Å²) in [4.78, 5) is 6.22. The summed E-state index contributed by atoms with van der Waals surface area (Å²) in [6.45, 7) is 0.867. The van der Waals surface area contributed by atoms with Crippen LogP contribution in [0, 0.1) is 0 Å². The van der Waals surface area contributed by atoms with Crippen LogP contribution in [-0.4, -0.2) is 12.0 Å². The quantitative estimate of drug-likeness (QED) is 0.850. The van der Waals surface area contributed by atoms with Crippen molar-refractivity contribution in [1.82, 2.24) is 4.98 Å². The van der Waals surface area contributed by atoms with Gasteiger partial charge in [-0.15, -0.1) is 0 Å². The van der Waals surface area contributed by atoms with E-state index in [9.17, 15) is 0 Å². The van der Waals surface area contributed by atoms with Crippen LogP contribution in [0.4, 0.5) is 11.5 Å². The van der Waals surface area contributed by atoms with Crippen molar-refractivity contribution < 1.29 is 0 Å². The average Bonchev–Trinajstić information content (AvgIpc) is 2.31. The Hall–Kier alpha value is -2.03. The molecule has 0 fully saturated rings. The molecule has 2 aromatic rings. The zero-order valence-corrected chi connectivity index (χ0v) is 9.30. The molecule has 3 heteroatoms. The molecule has 0 saturated carbocycles. The van der Waals surface area contributed by atoms with Crippen molar-refractivity contribution in [2.24, 2.45) is 0 Å². The standard InChI is InChI=1S/C13H15N3/c1-16(10-11-5-3-2-4-6-11)12-7-8-13(14)15-9-12/h2-9H,10H2,1H3,(H2,14,15). The van der Waals surface area contributed by atoms with Crippen LogP contribution in [0.15, 0.2) is 48.7 Å². The predicted molar refractivity (Wildman–Crippen MR) is 67.2 cm³/mol. The summed E-state index contributed by atoms with van der Waals surface area (Å²) in [5.41, 5.74) is 7.90. The second-order valence-corrected chi connectivity index (χ2v) is 3.78. The molecular weight excluding hydrogens is 198 g/mol. The lowest BCUT2D eigenvalue weighted by atomic mass is 10.2. The van der Waals surface area contributed by atoms with Gasteiger partial charge in [-0.05, 0) is 17.7 Å². The van der Waals surface area contributed by atoms with Crippen molar-refractivity contribution >= 4 is 11.5 Å².